The number of hydrogen-bond donors (Lipinski definition) is 1. The zero-order valence-corrected chi connectivity index (χ0v) is 7.84. The average Bonchev–Trinajstić information content (AvgIpc) is 2.28. The molecule has 0 aliphatic carbocycles. The van der Waals surface area contributed by atoms with Gasteiger partial charge in [-0.05, 0) is 17.3 Å². The monoisotopic (exact) mass is 219 g/mol. The molecule has 0 saturated heterocycles. The van der Waals surface area contributed by atoms with Crippen LogP contribution in [-0.4, -0.2) is 11.1 Å². The number of carbonyl (C=O) groups is 1. The molecule has 80 valence electrons. The van der Waals surface area contributed by atoms with E-state index < -0.39 is 17.2 Å². The molecule has 1 aromatic carbocycles. The summed E-state index contributed by atoms with van der Waals surface area (Å²) in [6.45, 7) is 0. The fourth-order valence-electron chi connectivity index (χ4n) is 1.31. The maximum atomic E-state index is 11.5. The van der Waals surface area contributed by atoms with Crippen LogP contribution in [0.4, 0.5) is 5.69 Å². The maximum Gasteiger partial charge on any atom is 0.371 e. The normalized spacial score (nSPS) is 10.2. The number of hydrogen-bond acceptors (Lipinski definition) is 5. The van der Waals surface area contributed by atoms with E-state index in [4.69, 9.17) is 9.52 Å². The van der Waals surface area contributed by atoms with Gasteiger partial charge in [-0.25, -0.2) is 4.79 Å². The summed E-state index contributed by atoms with van der Waals surface area (Å²) in [7, 11) is 0. The minimum atomic E-state index is -1.34. The number of carboxylic acid groups (broad SMARTS) is 1. The van der Waals surface area contributed by atoms with Crippen molar-refractivity contribution in [2.24, 2.45) is 5.18 Å². The molecule has 1 heterocycles. The van der Waals surface area contributed by atoms with Crippen molar-refractivity contribution in [1.29, 1.82) is 0 Å². The summed E-state index contributed by atoms with van der Waals surface area (Å²) in [6.07, 6.45) is 0. The van der Waals surface area contributed by atoms with Crippen molar-refractivity contribution in [3.63, 3.8) is 0 Å². The Balaban J connectivity index is 2.82. The van der Waals surface area contributed by atoms with Gasteiger partial charge in [-0.3, -0.25) is 4.79 Å². The lowest BCUT2D eigenvalue weighted by Gasteiger charge is -1.98. The highest BCUT2D eigenvalue weighted by Crippen LogP contribution is 2.19. The van der Waals surface area contributed by atoms with Crippen LogP contribution in [0.5, 0.6) is 0 Å². The predicted octanol–water partition coefficient (Wildman–Crippen LogP) is 1.89. The topological polar surface area (TPSA) is 96.9 Å². The van der Waals surface area contributed by atoms with E-state index in [2.05, 4.69) is 5.18 Å². The molecule has 0 atom stereocenters. The van der Waals surface area contributed by atoms with Crippen molar-refractivity contribution >= 4 is 22.6 Å². The molecule has 0 saturated carbocycles. The van der Waals surface area contributed by atoms with Crippen molar-refractivity contribution in [2.45, 2.75) is 0 Å². The smallest absolute Gasteiger partial charge is 0.371 e. The van der Waals surface area contributed by atoms with E-state index in [0.29, 0.717) is 0 Å². The quantitative estimate of drug-likeness (QED) is 0.777. The Hall–Kier alpha value is -2.50. The van der Waals surface area contributed by atoms with E-state index >= 15 is 0 Å². The Morgan fingerprint density at radius 3 is 2.69 bits per heavy atom. The van der Waals surface area contributed by atoms with Gasteiger partial charge in [0.25, 0.3) is 0 Å². The van der Waals surface area contributed by atoms with E-state index in [-0.39, 0.29) is 16.7 Å². The molecule has 0 bridgehead atoms. The van der Waals surface area contributed by atoms with Gasteiger partial charge in [0.15, 0.2) is 5.43 Å². The van der Waals surface area contributed by atoms with Crippen LogP contribution in [0.15, 0.2) is 38.7 Å². The lowest BCUT2D eigenvalue weighted by Crippen LogP contribution is -2.05. The van der Waals surface area contributed by atoms with Crippen LogP contribution < -0.4 is 5.43 Å². The number of fused-ring (bicyclic) bond motifs is 1. The van der Waals surface area contributed by atoms with Crippen LogP contribution in [0.3, 0.4) is 0 Å². The minimum Gasteiger partial charge on any atom is -0.475 e. The molecule has 0 aliphatic rings. The summed E-state index contributed by atoms with van der Waals surface area (Å²) >= 11 is 0. The highest BCUT2D eigenvalue weighted by molar-refractivity contribution is 5.88. The number of rotatable bonds is 2. The van der Waals surface area contributed by atoms with E-state index in [1.165, 1.54) is 18.2 Å². The second kappa shape index (κ2) is 3.58. The Bertz CT molecular complexity index is 643. The molecule has 0 amide bonds. The Labute approximate surface area is 88.1 Å². The number of benzene rings is 1. The summed E-state index contributed by atoms with van der Waals surface area (Å²) in [5.74, 6) is -1.82. The first-order valence-corrected chi connectivity index (χ1v) is 4.26. The van der Waals surface area contributed by atoms with Crippen LogP contribution in [-0.2, 0) is 0 Å². The second-order valence-electron chi connectivity index (χ2n) is 3.05. The van der Waals surface area contributed by atoms with E-state index in [9.17, 15) is 14.5 Å². The number of nitroso groups, excluding NO2 is 1. The molecule has 2 aromatic rings. The van der Waals surface area contributed by atoms with Crippen molar-refractivity contribution in [3.8, 4) is 0 Å². The SMILES string of the molecule is O=Nc1ccc2c(=O)cc(C(=O)O)oc2c1. The summed E-state index contributed by atoms with van der Waals surface area (Å²) < 4.78 is 4.95. The zero-order valence-electron chi connectivity index (χ0n) is 7.84. The number of aromatic carboxylic acids is 1. The fraction of sp³-hybridized carbons (Fsp3) is 0. The minimum absolute atomic E-state index is 0.0296. The molecule has 0 radical (unpaired) electrons. The molecule has 1 N–H and O–H groups in total. The fourth-order valence-corrected chi connectivity index (χ4v) is 1.31. The molecule has 1 aromatic heterocycles. The van der Waals surface area contributed by atoms with Crippen LogP contribution in [0, 0.1) is 4.91 Å². The average molecular weight is 219 g/mol. The van der Waals surface area contributed by atoms with Crippen LogP contribution in [0.1, 0.15) is 10.6 Å². The highest BCUT2D eigenvalue weighted by Gasteiger charge is 2.10. The highest BCUT2D eigenvalue weighted by atomic mass is 16.4. The van der Waals surface area contributed by atoms with Crippen LogP contribution in [0.25, 0.3) is 11.0 Å². The molecule has 16 heavy (non-hydrogen) atoms. The Kier molecular flexibility index (Phi) is 2.24. The molecule has 0 aliphatic heterocycles. The molecule has 6 nitrogen and oxygen atoms in total. The predicted molar refractivity (Wildman–Crippen MR) is 54.9 cm³/mol. The molecule has 2 rings (SSSR count). The van der Waals surface area contributed by atoms with Gasteiger partial charge in [-0.2, -0.15) is 0 Å². The molecule has 6 heteroatoms. The third kappa shape index (κ3) is 1.56. The second-order valence-corrected chi connectivity index (χ2v) is 3.05. The van der Waals surface area contributed by atoms with E-state index in [1.54, 1.807) is 0 Å². The standard InChI is InChI=1S/C10H5NO5/c12-7-4-9(10(13)14)16-8-3-5(11-15)1-2-6(7)8/h1-4H,(H,13,14). The van der Waals surface area contributed by atoms with Gasteiger partial charge in [0, 0.05) is 12.1 Å². The van der Waals surface area contributed by atoms with Crippen molar-refractivity contribution in [1.82, 2.24) is 0 Å². The summed E-state index contributed by atoms with van der Waals surface area (Å²) in [5, 5.41) is 11.5. The summed E-state index contributed by atoms with van der Waals surface area (Å²) in [4.78, 5) is 32.4. The van der Waals surface area contributed by atoms with Crippen molar-refractivity contribution in [2.75, 3.05) is 0 Å². The number of carboxylic acids is 1. The van der Waals surface area contributed by atoms with Gasteiger partial charge >= 0.3 is 5.97 Å². The third-order valence-electron chi connectivity index (χ3n) is 2.03. The van der Waals surface area contributed by atoms with Gasteiger partial charge < -0.3 is 9.52 Å². The molecule has 0 unspecified atom stereocenters. The first-order valence-electron chi connectivity index (χ1n) is 4.26. The molecule has 0 fully saturated rings. The van der Waals surface area contributed by atoms with Gasteiger partial charge in [0.1, 0.15) is 11.3 Å². The first kappa shape index (κ1) is 10.0. The molecular formula is C10H5NO5. The molecular weight excluding hydrogens is 214 g/mol. The lowest BCUT2D eigenvalue weighted by atomic mass is 10.2. The van der Waals surface area contributed by atoms with E-state index in [1.807, 2.05) is 0 Å². The Morgan fingerprint density at radius 2 is 2.06 bits per heavy atom. The third-order valence-corrected chi connectivity index (χ3v) is 2.03. The summed E-state index contributed by atoms with van der Waals surface area (Å²) in [6, 6.07) is 4.82. The summed E-state index contributed by atoms with van der Waals surface area (Å²) in [5.41, 5.74) is -0.378. The van der Waals surface area contributed by atoms with Gasteiger partial charge in [0.05, 0.1) is 5.39 Å². The first-order chi connectivity index (χ1) is 7.61. The van der Waals surface area contributed by atoms with Crippen molar-refractivity contribution < 1.29 is 14.3 Å². The zero-order chi connectivity index (χ0) is 11.7. The van der Waals surface area contributed by atoms with Gasteiger partial charge in [-0.15, -0.1) is 4.91 Å². The molecule has 0 spiro atoms. The maximum absolute atomic E-state index is 11.5. The van der Waals surface area contributed by atoms with Crippen LogP contribution in [0.2, 0.25) is 0 Å². The van der Waals surface area contributed by atoms with Crippen LogP contribution >= 0.6 is 0 Å². The van der Waals surface area contributed by atoms with Gasteiger partial charge in [-0.1, -0.05) is 0 Å². The van der Waals surface area contributed by atoms with Gasteiger partial charge in [0.2, 0.25) is 5.76 Å². The van der Waals surface area contributed by atoms with Crippen molar-refractivity contribution in [3.05, 3.63) is 45.2 Å². The number of nitrogens with zero attached hydrogens (tertiary/aromatic N) is 1. The lowest BCUT2D eigenvalue weighted by molar-refractivity contribution is 0.0663. The van der Waals surface area contributed by atoms with E-state index in [0.717, 1.165) is 6.07 Å². The Morgan fingerprint density at radius 1 is 1.31 bits per heavy atom. The largest absolute Gasteiger partial charge is 0.475 e.